The summed E-state index contributed by atoms with van der Waals surface area (Å²) in [5, 5.41) is 6.79. The minimum Gasteiger partial charge on any atom is -0.381 e. The summed E-state index contributed by atoms with van der Waals surface area (Å²) in [5.74, 6) is 1.52. The maximum absolute atomic E-state index is 5.60. The molecule has 0 spiro atoms. The third-order valence-electron chi connectivity index (χ3n) is 4.40. The lowest BCUT2D eigenvalue weighted by Gasteiger charge is -2.36. The third-order valence-corrected chi connectivity index (χ3v) is 4.40. The molecule has 0 unspecified atom stereocenters. The zero-order valence-corrected chi connectivity index (χ0v) is 14.8. The van der Waals surface area contributed by atoms with Crippen LogP contribution in [0.1, 0.15) is 39.2 Å². The molecule has 4 heteroatoms. The van der Waals surface area contributed by atoms with E-state index in [0.717, 1.165) is 51.6 Å². The number of hydrogen-bond donors (Lipinski definition) is 2. The molecule has 1 aliphatic heterocycles. The quantitative estimate of drug-likeness (QED) is 0.626. The molecule has 23 heavy (non-hydrogen) atoms. The van der Waals surface area contributed by atoms with Crippen molar-refractivity contribution in [2.24, 2.45) is 10.9 Å². The predicted octanol–water partition coefficient (Wildman–Crippen LogP) is 2.95. The fourth-order valence-corrected chi connectivity index (χ4v) is 2.96. The Morgan fingerprint density at radius 2 is 1.87 bits per heavy atom. The van der Waals surface area contributed by atoms with Crippen LogP contribution >= 0.6 is 0 Å². The highest BCUT2D eigenvalue weighted by molar-refractivity contribution is 5.79. The lowest BCUT2D eigenvalue weighted by atomic mass is 9.74. The maximum Gasteiger partial charge on any atom is 0.191 e. The van der Waals surface area contributed by atoms with Gasteiger partial charge in [0.25, 0.3) is 0 Å². The summed E-state index contributed by atoms with van der Waals surface area (Å²) in [5.41, 5.74) is 1.48. The highest BCUT2D eigenvalue weighted by atomic mass is 16.5. The molecule has 2 rings (SSSR count). The van der Waals surface area contributed by atoms with Gasteiger partial charge in [0, 0.05) is 31.7 Å². The minimum atomic E-state index is 0.0969. The van der Waals surface area contributed by atoms with E-state index < -0.39 is 0 Å². The van der Waals surface area contributed by atoms with Crippen LogP contribution in [0.25, 0.3) is 0 Å². The molecule has 128 valence electrons. The van der Waals surface area contributed by atoms with E-state index in [9.17, 15) is 0 Å². The number of nitrogens with one attached hydrogen (secondary N) is 2. The SMILES string of the molecule is CCNC(=NCC1(c2ccccc2)CCOCC1)NCC(C)C. The van der Waals surface area contributed by atoms with Gasteiger partial charge >= 0.3 is 0 Å². The van der Waals surface area contributed by atoms with Gasteiger partial charge in [-0.3, -0.25) is 4.99 Å². The summed E-state index contributed by atoms with van der Waals surface area (Å²) in [7, 11) is 0. The number of aliphatic imine (C=N–C) groups is 1. The molecule has 0 aliphatic carbocycles. The van der Waals surface area contributed by atoms with Gasteiger partial charge in [0.1, 0.15) is 0 Å². The van der Waals surface area contributed by atoms with Crippen LogP contribution in [0.15, 0.2) is 35.3 Å². The number of nitrogens with zero attached hydrogens (tertiary/aromatic N) is 1. The van der Waals surface area contributed by atoms with E-state index in [-0.39, 0.29) is 5.41 Å². The molecule has 0 saturated carbocycles. The fraction of sp³-hybridized carbons (Fsp3) is 0.632. The van der Waals surface area contributed by atoms with Gasteiger partial charge < -0.3 is 15.4 Å². The van der Waals surface area contributed by atoms with E-state index in [2.05, 4.69) is 61.7 Å². The standard InChI is InChI=1S/C19H31N3O/c1-4-20-18(21-14-16(2)3)22-15-19(10-12-23-13-11-19)17-8-6-5-7-9-17/h5-9,16H,4,10-15H2,1-3H3,(H2,20,21,22). The number of benzene rings is 1. The van der Waals surface area contributed by atoms with Crippen molar-refractivity contribution in [2.75, 3.05) is 32.8 Å². The Bertz CT molecular complexity index is 479. The molecular weight excluding hydrogens is 286 g/mol. The highest BCUT2D eigenvalue weighted by Crippen LogP contribution is 2.35. The Kier molecular flexibility index (Phi) is 6.90. The van der Waals surface area contributed by atoms with Crippen molar-refractivity contribution in [1.29, 1.82) is 0 Å². The van der Waals surface area contributed by atoms with Crippen molar-refractivity contribution in [3.05, 3.63) is 35.9 Å². The first-order valence-corrected chi connectivity index (χ1v) is 8.82. The molecule has 1 saturated heterocycles. The summed E-state index contributed by atoms with van der Waals surface area (Å²) in [4.78, 5) is 4.90. The van der Waals surface area contributed by atoms with Crippen LogP contribution in [0.4, 0.5) is 0 Å². The third kappa shape index (κ3) is 5.24. The van der Waals surface area contributed by atoms with Crippen molar-refractivity contribution in [3.63, 3.8) is 0 Å². The monoisotopic (exact) mass is 317 g/mol. The average molecular weight is 317 g/mol. The van der Waals surface area contributed by atoms with Gasteiger partial charge in [-0.25, -0.2) is 0 Å². The Morgan fingerprint density at radius 1 is 1.17 bits per heavy atom. The summed E-state index contributed by atoms with van der Waals surface area (Å²) < 4.78 is 5.60. The van der Waals surface area contributed by atoms with Crippen LogP contribution in [-0.4, -0.2) is 38.8 Å². The van der Waals surface area contributed by atoms with Crippen molar-refractivity contribution < 1.29 is 4.74 Å². The van der Waals surface area contributed by atoms with Gasteiger partial charge in [-0.2, -0.15) is 0 Å². The first-order chi connectivity index (χ1) is 11.2. The van der Waals surface area contributed by atoms with E-state index >= 15 is 0 Å². The van der Waals surface area contributed by atoms with Gasteiger partial charge in [-0.15, -0.1) is 0 Å². The zero-order chi connectivity index (χ0) is 16.5. The lowest BCUT2D eigenvalue weighted by Crippen LogP contribution is -2.42. The second-order valence-electron chi connectivity index (χ2n) is 6.73. The summed E-state index contributed by atoms with van der Waals surface area (Å²) in [6.07, 6.45) is 2.06. The van der Waals surface area contributed by atoms with Gasteiger partial charge in [-0.1, -0.05) is 44.2 Å². The minimum absolute atomic E-state index is 0.0969. The zero-order valence-electron chi connectivity index (χ0n) is 14.8. The topological polar surface area (TPSA) is 45.7 Å². The predicted molar refractivity (Wildman–Crippen MR) is 97.0 cm³/mol. The molecule has 0 radical (unpaired) electrons. The van der Waals surface area contributed by atoms with Crippen molar-refractivity contribution in [3.8, 4) is 0 Å². The Labute approximate surface area is 140 Å². The van der Waals surface area contributed by atoms with Gasteiger partial charge in [0.05, 0.1) is 6.54 Å². The highest BCUT2D eigenvalue weighted by Gasteiger charge is 2.34. The van der Waals surface area contributed by atoms with Crippen LogP contribution < -0.4 is 10.6 Å². The van der Waals surface area contributed by atoms with E-state index in [0.29, 0.717) is 5.92 Å². The van der Waals surface area contributed by atoms with Crippen molar-refractivity contribution >= 4 is 5.96 Å². The van der Waals surface area contributed by atoms with Gasteiger partial charge in [-0.05, 0) is 31.2 Å². The van der Waals surface area contributed by atoms with Crippen LogP contribution in [0.5, 0.6) is 0 Å². The second-order valence-corrected chi connectivity index (χ2v) is 6.73. The molecule has 1 aromatic rings. The number of ether oxygens (including phenoxy) is 1. The van der Waals surface area contributed by atoms with Crippen LogP contribution in [0.3, 0.4) is 0 Å². The molecule has 2 N–H and O–H groups in total. The van der Waals surface area contributed by atoms with Crippen molar-refractivity contribution in [2.45, 2.75) is 39.0 Å². The molecule has 0 aromatic heterocycles. The molecule has 0 atom stereocenters. The summed E-state index contributed by atoms with van der Waals surface area (Å²) in [6.45, 7) is 10.8. The van der Waals surface area contributed by atoms with Crippen LogP contribution in [0, 0.1) is 5.92 Å². The number of hydrogen-bond acceptors (Lipinski definition) is 2. The van der Waals surface area contributed by atoms with E-state index in [4.69, 9.17) is 9.73 Å². The molecule has 1 fully saturated rings. The molecule has 0 amide bonds. The van der Waals surface area contributed by atoms with Crippen LogP contribution in [0.2, 0.25) is 0 Å². The molecule has 0 bridgehead atoms. The fourth-order valence-electron chi connectivity index (χ4n) is 2.96. The van der Waals surface area contributed by atoms with Crippen molar-refractivity contribution in [1.82, 2.24) is 10.6 Å². The largest absolute Gasteiger partial charge is 0.381 e. The smallest absolute Gasteiger partial charge is 0.191 e. The molecule has 1 heterocycles. The molecular formula is C19H31N3O. The van der Waals surface area contributed by atoms with E-state index in [1.807, 2.05) is 0 Å². The summed E-state index contributed by atoms with van der Waals surface area (Å²) >= 11 is 0. The lowest BCUT2D eigenvalue weighted by molar-refractivity contribution is 0.0531. The first kappa shape index (κ1) is 17.8. The van der Waals surface area contributed by atoms with Gasteiger partial charge in [0.15, 0.2) is 5.96 Å². The number of guanidine groups is 1. The average Bonchev–Trinajstić information content (AvgIpc) is 2.59. The number of rotatable bonds is 6. The molecule has 4 nitrogen and oxygen atoms in total. The maximum atomic E-state index is 5.60. The normalized spacial score (nSPS) is 18.0. The Hall–Kier alpha value is -1.55. The van der Waals surface area contributed by atoms with E-state index in [1.165, 1.54) is 5.56 Å². The van der Waals surface area contributed by atoms with E-state index in [1.54, 1.807) is 0 Å². The Balaban J connectivity index is 2.14. The van der Waals surface area contributed by atoms with Crippen LogP contribution in [-0.2, 0) is 10.2 Å². The molecule has 1 aliphatic rings. The first-order valence-electron chi connectivity index (χ1n) is 8.82. The van der Waals surface area contributed by atoms with Gasteiger partial charge in [0.2, 0.25) is 0 Å². The molecule has 1 aromatic carbocycles. The Morgan fingerprint density at radius 3 is 2.48 bits per heavy atom. The second kappa shape index (κ2) is 8.92. The summed E-state index contributed by atoms with van der Waals surface area (Å²) in [6, 6.07) is 10.8.